The van der Waals surface area contributed by atoms with Crippen LogP contribution in [0.1, 0.15) is 23.2 Å². The average molecular weight is 236 g/mol. The number of carbonyl (C=O) groups is 1. The van der Waals surface area contributed by atoms with Crippen LogP contribution in [-0.4, -0.2) is 35.6 Å². The van der Waals surface area contributed by atoms with Crippen LogP contribution >= 0.6 is 0 Å². The second-order valence-electron chi connectivity index (χ2n) is 3.79. The van der Waals surface area contributed by atoms with Crippen LogP contribution in [0.4, 0.5) is 0 Å². The monoisotopic (exact) mass is 236 g/mol. The quantitative estimate of drug-likeness (QED) is 0.502. The van der Waals surface area contributed by atoms with Crippen LogP contribution in [0, 0.1) is 0 Å². The molecule has 0 aliphatic carbocycles. The van der Waals surface area contributed by atoms with Crippen molar-refractivity contribution in [1.29, 1.82) is 0 Å². The topological polar surface area (TPSA) is 95.6 Å². The first-order chi connectivity index (χ1) is 8.15. The molecule has 0 spiro atoms. The highest BCUT2D eigenvalue weighted by Gasteiger charge is 2.24. The van der Waals surface area contributed by atoms with Crippen molar-refractivity contribution in [3.05, 3.63) is 35.9 Å². The maximum atomic E-state index is 11.8. The second-order valence-corrected chi connectivity index (χ2v) is 3.79. The van der Waals surface area contributed by atoms with Crippen molar-refractivity contribution in [3.8, 4) is 0 Å². The number of hydrogen-bond donors (Lipinski definition) is 4. The van der Waals surface area contributed by atoms with Gasteiger partial charge >= 0.3 is 7.12 Å². The molecular formula is C11H17BN2O3. The molecule has 0 bridgehead atoms. The van der Waals surface area contributed by atoms with E-state index in [2.05, 4.69) is 5.32 Å². The lowest BCUT2D eigenvalue weighted by molar-refractivity contribution is 0.0940. The molecule has 1 unspecified atom stereocenters. The number of nitrogens with one attached hydrogen (secondary N) is 1. The fraction of sp³-hybridized carbons (Fsp3) is 0.364. The minimum Gasteiger partial charge on any atom is -0.426 e. The van der Waals surface area contributed by atoms with E-state index in [1.165, 1.54) is 0 Å². The molecule has 0 aliphatic heterocycles. The Balaban J connectivity index is 2.58. The molecule has 5 N–H and O–H groups in total. The lowest BCUT2D eigenvalue weighted by Crippen LogP contribution is -2.46. The zero-order valence-corrected chi connectivity index (χ0v) is 9.54. The van der Waals surface area contributed by atoms with E-state index >= 15 is 0 Å². The van der Waals surface area contributed by atoms with Gasteiger partial charge in [0.25, 0.3) is 5.91 Å². The molecule has 0 saturated carbocycles. The summed E-state index contributed by atoms with van der Waals surface area (Å²) in [5, 5.41) is 20.8. The van der Waals surface area contributed by atoms with Crippen LogP contribution in [0.25, 0.3) is 0 Å². The standard InChI is InChI=1S/C11H17BN2O3/c13-8-4-7-10(12(16)17)14-11(15)9-5-2-1-3-6-9/h1-3,5-6,10,16-17H,4,7-8,13H2,(H,14,15). The van der Waals surface area contributed by atoms with Crippen molar-refractivity contribution in [2.75, 3.05) is 6.54 Å². The SMILES string of the molecule is NCCCC(NC(=O)c1ccccc1)B(O)O. The van der Waals surface area contributed by atoms with E-state index in [1.54, 1.807) is 24.3 Å². The third kappa shape index (κ3) is 4.56. The van der Waals surface area contributed by atoms with Crippen molar-refractivity contribution in [2.45, 2.75) is 18.8 Å². The van der Waals surface area contributed by atoms with Gasteiger partial charge in [0.05, 0.1) is 5.94 Å². The summed E-state index contributed by atoms with van der Waals surface area (Å²) in [6, 6.07) is 8.64. The Labute approximate surface area is 101 Å². The van der Waals surface area contributed by atoms with Gasteiger partial charge in [-0.3, -0.25) is 4.79 Å². The molecule has 0 aliphatic rings. The normalized spacial score (nSPS) is 11.9. The van der Waals surface area contributed by atoms with E-state index < -0.39 is 13.1 Å². The number of hydrogen-bond acceptors (Lipinski definition) is 4. The number of rotatable bonds is 6. The van der Waals surface area contributed by atoms with Crippen LogP contribution in [0.3, 0.4) is 0 Å². The van der Waals surface area contributed by atoms with Crippen LogP contribution in [0.2, 0.25) is 0 Å². The summed E-state index contributed by atoms with van der Waals surface area (Å²) < 4.78 is 0. The van der Waals surface area contributed by atoms with Gasteiger partial charge in [0.1, 0.15) is 0 Å². The molecule has 0 fully saturated rings. The van der Waals surface area contributed by atoms with Crippen LogP contribution in [0.5, 0.6) is 0 Å². The highest BCUT2D eigenvalue weighted by molar-refractivity contribution is 6.43. The molecule has 1 atom stereocenters. The van der Waals surface area contributed by atoms with Crippen molar-refractivity contribution in [1.82, 2.24) is 5.32 Å². The van der Waals surface area contributed by atoms with Gasteiger partial charge in [0, 0.05) is 5.56 Å². The van der Waals surface area contributed by atoms with Crippen molar-refractivity contribution < 1.29 is 14.8 Å². The van der Waals surface area contributed by atoms with Gasteiger partial charge in [-0.05, 0) is 31.5 Å². The Morgan fingerprint density at radius 3 is 2.53 bits per heavy atom. The lowest BCUT2D eigenvalue weighted by atomic mass is 9.76. The Morgan fingerprint density at radius 2 is 2.00 bits per heavy atom. The summed E-state index contributed by atoms with van der Waals surface area (Å²) in [5.74, 6) is -1.01. The highest BCUT2D eigenvalue weighted by atomic mass is 16.4. The van der Waals surface area contributed by atoms with Gasteiger partial charge in [-0.15, -0.1) is 0 Å². The Bertz CT molecular complexity index is 346. The van der Waals surface area contributed by atoms with Crippen LogP contribution in [0.15, 0.2) is 30.3 Å². The maximum absolute atomic E-state index is 11.8. The van der Waals surface area contributed by atoms with E-state index in [-0.39, 0.29) is 5.91 Å². The van der Waals surface area contributed by atoms with E-state index in [9.17, 15) is 4.79 Å². The fourth-order valence-electron chi connectivity index (χ4n) is 1.47. The molecule has 1 aromatic rings. The molecule has 0 heterocycles. The maximum Gasteiger partial charge on any atom is 0.475 e. The van der Waals surface area contributed by atoms with E-state index in [0.717, 1.165) is 0 Å². The van der Waals surface area contributed by atoms with Gasteiger partial charge in [-0.2, -0.15) is 0 Å². The van der Waals surface area contributed by atoms with Gasteiger partial charge in [0.15, 0.2) is 0 Å². The molecule has 1 rings (SSSR count). The minimum atomic E-state index is -1.57. The van der Waals surface area contributed by atoms with Crippen molar-refractivity contribution in [3.63, 3.8) is 0 Å². The van der Waals surface area contributed by atoms with Crippen molar-refractivity contribution >= 4 is 13.0 Å². The van der Waals surface area contributed by atoms with Gasteiger partial charge in [-0.1, -0.05) is 18.2 Å². The summed E-state index contributed by atoms with van der Waals surface area (Å²) in [7, 11) is -1.57. The molecule has 1 aromatic carbocycles. The Hall–Kier alpha value is -1.37. The van der Waals surface area contributed by atoms with Gasteiger partial charge < -0.3 is 21.1 Å². The number of amides is 1. The Kier molecular flexibility index (Phi) is 5.69. The Morgan fingerprint density at radius 1 is 1.35 bits per heavy atom. The number of nitrogens with two attached hydrogens (primary N) is 1. The number of carbonyl (C=O) groups excluding carboxylic acids is 1. The molecule has 6 heteroatoms. The highest BCUT2D eigenvalue weighted by Crippen LogP contribution is 2.02. The predicted molar refractivity (Wildman–Crippen MR) is 66.2 cm³/mol. The third-order valence-corrected chi connectivity index (χ3v) is 2.43. The first-order valence-corrected chi connectivity index (χ1v) is 5.57. The van der Waals surface area contributed by atoms with Crippen molar-refractivity contribution in [2.24, 2.45) is 5.73 Å². The molecule has 1 amide bonds. The lowest BCUT2D eigenvalue weighted by Gasteiger charge is -2.17. The summed E-state index contributed by atoms with van der Waals surface area (Å²) >= 11 is 0. The first-order valence-electron chi connectivity index (χ1n) is 5.57. The van der Waals surface area contributed by atoms with Crippen LogP contribution < -0.4 is 11.1 Å². The van der Waals surface area contributed by atoms with E-state index in [0.29, 0.717) is 24.9 Å². The largest absolute Gasteiger partial charge is 0.475 e. The molecular weight excluding hydrogens is 219 g/mol. The summed E-state index contributed by atoms with van der Waals surface area (Å²) in [6.07, 6.45) is 1.06. The zero-order valence-electron chi connectivity index (χ0n) is 9.54. The van der Waals surface area contributed by atoms with E-state index in [1.807, 2.05) is 6.07 Å². The zero-order chi connectivity index (χ0) is 12.7. The average Bonchev–Trinajstić information content (AvgIpc) is 2.35. The van der Waals surface area contributed by atoms with E-state index in [4.69, 9.17) is 15.8 Å². The molecule has 5 nitrogen and oxygen atoms in total. The number of benzene rings is 1. The molecule has 0 saturated heterocycles. The fourth-order valence-corrected chi connectivity index (χ4v) is 1.47. The molecule has 17 heavy (non-hydrogen) atoms. The predicted octanol–water partition coefficient (Wildman–Crippen LogP) is -0.464. The van der Waals surface area contributed by atoms with Crippen LogP contribution in [-0.2, 0) is 0 Å². The molecule has 0 radical (unpaired) electrons. The summed E-state index contributed by atoms with van der Waals surface area (Å²) in [5.41, 5.74) is 5.83. The second kappa shape index (κ2) is 7.06. The van der Waals surface area contributed by atoms with Gasteiger partial charge in [-0.25, -0.2) is 0 Å². The minimum absolute atomic E-state index is 0.319. The third-order valence-electron chi connectivity index (χ3n) is 2.43. The summed E-state index contributed by atoms with van der Waals surface area (Å²) in [6.45, 7) is 0.449. The molecule has 92 valence electrons. The summed E-state index contributed by atoms with van der Waals surface area (Å²) in [4.78, 5) is 11.8. The molecule has 0 aromatic heterocycles. The van der Waals surface area contributed by atoms with Gasteiger partial charge in [0.2, 0.25) is 0 Å². The first kappa shape index (κ1) is 13.7. The smallest absolute Gasteiger partial charge is 0.426 e.